The van der Waals surface area contributed by atoms with Gasteiger partial charge in [0.1, 0.15) is 23.5 Å². The Labute approximate surface area is 182 Å². The smallest absolute Gasteiger partial charge is 0.336 e. The van der Waals surface area contributed by atoms with Crippen LogP contribution in [0.3, 0.4) is 0 Å². The number of benzene rings is 1. The Balaban J connectivity index is 1.65. The number of hydrogen-bond donors (Lipinski definition) is 0. The molecule has 1 unspecified atom stereocenters. The molecule has 3 aromatic rings. The minimum atomic E-state index is -0.412. The Morgan fingerprint density at radius 3 is 2.74 bits per heavy atom. The summed E-state index contributed by atoms with van der Waals surface area (Å²) in [6.45, 7) is 10.9. The summed E-state index contributed by atoms with van der Waals surface area (Å²) in [6.07, 6.45) is 8.29. The molecule has 31 heavy (non-hydrogen) atoms. The molecule has 0 radical (unpaired) electrons. The first kappa shape index (κ1) is 22.8. The number of ether oxygens (including phenoxy) is 3. The Kier molecular flexibility index (Phi) is 7.36. The van der Waals surface area contributed by atoms with Gasteiger partial charge >= 0.3 is 5.63 Å². The lowest BCUT2D eigenvalue weighted by atomic mass is 10.1. The van der Waals surface area contributed by atoms with Gasteiger partial charge in [-0.25, -0.2) is 4.79 Å². The first-order chi connectivity index (χ1) is 14.8. The SMILES string of the molecule is CCOC(C)OC(C)(C)/C=C/C/C(C)=C/COc1c2ccoc2cc2oc(=O)ccc12. The van der Waals surface area contributed by atoms with Gasteiger partial charge in [-0.3, -0.25) is 0 Å². The number of hydrogen-bond acceptors (Lipinski definition) is 6. The van der Waals surface area contributed by atoms with Crippen LogP contribution >= 0.6 is 0 Å². The van der Waals surface area contributed by atoms with Gasteiger partial charge in [0.15, 0.2) is 6.29 Å². The van der Waals surface area contributed by atoms with E-state index in [-0.39, 0.29) is 6.29 Å². The summed E-state index contributed by atoms with van der Waals surface area (Å²) >= 11 is 0. The summed E-state index contributed by atoms with van der Waals surface area (Å²) in [4.78, 5) is 11.6. The fraction of sp³-hybridized carbons (Fsp3) is 0.400. The van der Waals surface area contributed by atoms with E-state index in [0.717, 1.165) is 17.2 Å². The van der Waals surface area contributed by atoms with Crippen LogP contribution < -0.4 is 10.4 Å². The monoisotopic (exact) mass is 426 g/mol. The largest absolute Gasteiger partial charge is 0.488 e. The second-order valence-corrected chi connectivity index (χ2v) is 7.92. The molecular weight excluding hydrogens is 396 g/mol. The van der Waals surface area contributed by atoms with E-state index in [9.17, 15) is 4.79 Å². The summed E-state index contributed by atoms with van der Waals surface area (Å²) in [6, 6.07) is 6.66. The molecule has 0 N–H and O–H groups in total. The van der Waals surface area contributed by atoms with Crippen molar-refractivity contribution < 1.29 is 23.0 Å². The summed E-state index contributed by atoms with van der Waals surface area (Å²) in [5, 5.41) is 1.58. The minimum Gasteiger partial charge on any atom is -0.488 e. The highest BCUT2D eigenvalue weighted by Gasteiger charge is 2.18. The predicted molar refractivity (Wildman–Crippen MR) is 122 cm³/mol. The quantitative estimate of drug-likeness (QED) is 0.225. The molecule has 0 saturated carbocycles. The molecule has 0 bridgehead atoms. The van der Waals surface area contributed by atoms with Gasteiger partial charge in [-0.05, 0) is 59.2 Å². The molecule has 0 amide bonds. The van der Waals surface area contributed by atoms with E-state index in [1.807, 2.05) is 45.9 Å². The van der Waals surface area contributed by atoms with Gasteiger partial charge in [-0.1, -0.05) is 17.7 Å². The summed E-state index contributed by atoms with van der Waals surface area (Å²) < 4.78 is 28.2. The Hall–Kier alpha value is -2.83. The van der Waals surface area contributed by atoms with Crippen LogP contribution in [0.1, 0.15) is 41.0 Å². The lowest BCUT2D eigenvalue weighted by Gasteiger charge is -2.26. The zero-order valence-electron chi connectivity index (χ0n) is 18.8. The van der Waals surface area contributed by atoms with Crippen LogP contribution in [0.4, 0.5) is 0 Å². The van der Waals surface area contributed by atoms with Crippen LogP contribution in [0.5, 0.6) is 5.75 Å². The third kappa shape index (κ3) is 6.09. The lowest BCUT2D eigenvalue weighted by Crippen LogP contribution is -2.28. The van der Waals surface area contributed by atoms with Gasteiger partial charge in [0, 0.05) is 18.7 Å². The molecule has 3 rings (SSSR count). The van der Waals surface area contributed by atoms with Gasteiger partial charge < -0.3 is 23.0 Å². The van der Waals surface area contributed by atoms with Gasteiger partial charge in [-0.15, -0.1) is 0 Å². The van der Waals surface area contributed by atoms with Crippen molar-refractivity contribution in [3.8, 4) is 5.75 Å². The highest BCUT2D eigenvalue weighted by Crippen LogP contribution is 2.35. The third-order valence-electron chi connectivity index (χ3n) is 4.80. The number of allylic oxidation sites excluding steroid dienone is 2. The van der Waals surface area contributed by atoms with E-state index in [1.165, 1.54) is 11.6 Å². The number of fused-ring (bicyclic) bond motifs is 2. The summed E-state index contributed by atoms with van der Waals surface area (Å²) in [7, 11) is 0. The molecular formula is C25H30O6. The molecule has 0 aliphatic carbocycles. The predicted octanol–water partition coefficient (Wildman–Crippen LogP) is 5.99. The van der Waals surface area contributed by atoms with Crippen LogP contribution in [0.15, 0.2) is 68.0 Å². The van der Waals surface area contributed by atoms with Crippen LogP contribution in [0, 0.1) is 0 Å². The first-order valence-electron chi connectivity index (χ1n) is 10.5. The Morgan fingerprint density at radius 2 is 1.97 bits per heavy atom. The molecule has 0 aliphatic rings. The molecule has 0 spiro atoms. The number of furan rings is 1. The first-order valence-corrected chi connectivity index (χ1v) is 10.5. The maximum Gasteiger partial charge on any atom is 0.336 e. The highest BCUT2D eigenvalue weighted by molar-refractivity contribution is 6.01. The van der Waals surface area contributed by atoms with Gasteiger partial charge in [0.05, 0.1) is 22.6 Å². The van der Waals surface area contributed by atoms with Crippen molar-refractivity contribution in [2.24, 2.45) is 0 Å². The molecule has 2 aromatic heterocycles. The second-order valence-electron chi connectivity index (χ2n) is 7.92. The van der Waals surface area contributed by atoms with Crippen molar-refractivity contribution in [3.05, 3.63) is 64.7 Å². The maximum absolute atomic E-state index is 11.6. The van der Waals surface area contributed by atoms with Crippen molar-refractivity contribution >= 4 is 21.9 Å². The molecule has 0 fully saturated rings. The number of rotatable bonds is 10. The fourth-order valence-corrected chi connectivity index (χ4v) is 3.38. The molecule has 1 atom stereocenters. The zero-order valence-corrected chi connectivity index (χ0v) is 18.8. The van der Waals surface area contributed by atoms with E-state index >= 15 is 0 Å². The highest BCUT2D eigenvalue weighted by atomic mass is 16.7. The van der Waals surface area contributed by atoms with Gasteiger partial charge in [-0.2, -0.15) is 0 Å². The normalized spacial score (nSPS) is 14.0. The molecule has 0 saturated heterocycles. The molecule has 6 heteroatoms. The van der Waals surface area contributed by atoms with Crippen molar-refractivity contribution in [2.45, 2.75) is 52.9 Å². The van der Waals surface area contributed by atoms with Gasteiger partial charge in [0.2, 0.25) is 0 Å². The third-order valence-corrected chi connectivity index (χ3v) is 4.80. The summed E-state index contributed by atoms with van der Waals surface area (Å²) in [5.74, 6) is 0.643. The summed E-state index contributed by atoms with van der Waals surface area (Å²) in [5.41, 5.74) is 1.40. The van der Waals surface area contributed by atoms with E-state index in [1.54, 1.807) is 18.4 Å². The van der Waals surface area contributed by atoms with E-state index in [0.29, 0.717) is 30.1 Å². The van der Waals surface area contributed by atoms with Crippen molar-refractivity contribution in [2.75, 3.05) is 13.2 Å². The van der Waals surface area contributed by atoms with E-state index < -0.39 is 11.2 Å². The zero-order chi connectivity index (χ0) is 22.4. The second kappa shape index (κ2) is 9.98. The molecule has 6 nitrogen and oxygen atoms in total. The minimum absolute atomic E-state index is 0.250. The standard InChI is InChI=1S/C25H30O6/c1-6-27-18(3)31-25(4,5)13-7-8-17(2)11-14-29-24-19-9-10-23(26)30-22(19)16-21-20(24)12-15-28-21/h7,9-13,15-16,18H,6,8,14H2,1-5H3/b13-7+,17-11+. The molecule has 0 aliphatic heterocycles. The van der Waals surface area contributed by atoms with Crippen molar-refractivity contribution in [1.82, 2.24) is 0 Å². The van der Waals surface area contributed by atoms with E-state index in [2.05, 4.69) is 13.0 Å². The van der Waals surface area contributed by atoms with Crippen LogP contribution in [-0.4, -0.2) is 25.1 Å². The maximum atomic E-state index is 11.6. The van der Waals surface area contributed by atoms with E-state index in [4.69, 9.17) is 23.0 Å². The topological polar surface area (TPSA) is 71.0 Å². The molecule has 2 heterocycles. The van der Waals surface area contributed by atoms with Crippen molar-refractivity contribution in [3.63, 3.8) is 0 Å². The van der Waals surface area contributed by atoms with Crippen LogP contribution in [0.2, 0.25) is 0 Å². The van der Waals surface area contributed by atoms with Crippen molar-refractivity contribution in [1.29, 1.82) is 0 Å². The fourth-order valence-electron chi connectivity index (χ4n) is 3.38. The van der Waals surface area contributed by atoms with Gasteiger partial charge in [0.25, 0.3) is 0 Å². The Bertz CT molecular complexity index is 1130. The van der Waals surface area contributed by atoms with Crippen LogP contribution in [0.25, 0.3) is 21.9 Å². The molecule has 1 aromatic carbocycles. The Morgan fingerprint density at radius 1 is 1.19 bits per heavy atom. The average Bonchev–Trinajstić information content (AvgIpc) is 3.15. The van der Waals surface area contributed by atoms with Crippen LogP contribution in [-0.2, 0) is 9.47 Å². The molecule has 166 valence electrons. The average molecular weight is 427 g/mol. The lowest BCUT2D eigenvalue weighted by molar-refractivity contribution is -0.173.